The number of hydrogen-bond acceptors (Lipinski definition) is 4. The lowest BCUT2D eigenvalue weighted by Gasteiger charge is -2.29. The molecule has 1 aliphatic carbocycles. The van der Waals surface area contributed by atoms with Gasteiger partial charge in [0.15, 0.2) is 0 Å². The molecule has 4 nitrogen and oxygen atoms in total. The maximum absolute atomic E-state index is 13.6. The number of ether oxygens (including phenoxy) is 3. The zero-order valence-electron chi connectivity index (χ0n) is 17.7. The first kappa shape index (κ1) is 25.9. The Morgan fingerprint density at radius 3 is 1.94 bits per heavy atom. The molecule has 0 radical (unpaired) electrons. The van der Waals surface area contributed by atoms with E-state index in [4.69, 9.17) is 14.2 Å². The number of carbonyl (C=O) groups excluding carboxylic acids is 1. The third-order valence-corrected chi connectivity index (χ3v) is 5.37. The number of carbonyl (C=O) groups is 1. The van der Waals surface area contributed by atoms with Gasteiger partial charge >= 0.3 is 18.3 Å². The molecule has 0 atom stereocenters. The van der Waals surface area contributed by atoms with Gasteiger partial charge in [-0.1, -0.05) is 6.58 Å². The summed E-state index contributed by atoms with van der Waals surface area (Å²) in [6.07, 6.45) is -5.94. The van der Waals surface area contributed by atoms with Crippen molar-refractivity contribution in [2.24, 2.45) is 11.8 Å². The quantitative estimate of drug-likeness (QED) is 0.238. The molecule has 1 fully saturated rings. The Bertz CT molecular complexity index is 780. The summed E-state index contributed by atoms with van der Waals surface area (Å²) in [4.78, 5) is 11.1. The minimum absolute atomic E-state index is 0.0797. The second-order valence-electron chi connectivity index (χ2n) is 7.60. The van der Waals surface area contributed by atoms with E-state index in [1.807, 2.05) is 0 Å². The first-order valence-corrected chi connectivity index (χ1v) is 10.3. The highest BCUT2D eigenvalue weighted by molar-refractivity contribution is 5.81. The van der Waals surface area contributed by atoms with E-state index in [9.17, 15) is 31.1 Å². The number of esters is 1. The lowest BCUT2D eigenvalue weighted by molar-refractivity contribution is -0.164. The number of alkyl halides is 6. The molecular weight excluding hydrogens is 442 g/mol. The number of halogens is 6. The molecule has 0 saturated heterocycles. The van der Waals surface area contributed by atoms with Crippen LogP contribution in [0.1, 0.15) is 50.2 Å². The minimum atomic E-state index is -5.27. The van der Waals surface area contributed by atoms with Gasteiger partial charge in [0.1, 0.15) is 22.6 Å². The van der Waals surface area contributed by atoms with Crippen molar-refractivity contribution < 1.29 is 45.3 Å². The predicted octanol–water partition coefficient (Wildman–Crippen LogP) is 6.43. The Morgan fingerprint density at radius 2 is 1.47 bits per heavy atom. The Kier molecular flexibility index (Phi) is 8.86. The lowest BCUT2D eigenvalue weighted by atomic mass is 9.81. The topological polar surface area (TPSA) is 44.8 Å². The summed E-state index contributed by atoms with van der Waals surface area (Å²) < 4.78 is 96.3. The second-order valence-corrected chi connectivity index (χ2v) is 7.60. The zero-order valence-corrected chi connectivity index (χ0v) is 17.7. The van der Waals surface area contributed by atoms with Crippen LogP contribution in [-0.4, -0.2) is 25.8 Å². The third kappa shape index (κ3) is 7.06. The molecule has 0 bridgehead atoms. The fourth-order valence-corrected chi connectivity index (χ4v) is 3.80. The van der Waals surface area contributed by atoms with Crippen LogP contribution in [0, 0.1) is 11.8 Å². The van der Waals surface area contributed by atoms with Crippen LogP contribution in [0.3, 0.4) is 0 Å². The van der Waals surface area contributed by atoms with E-state index in [1.54, 1.807) is 0 Å². The molecule has 0 amide bonds. The smallest absolute Gasteiger partial charge is 0.420 e. The highest BCUT2D eigenvalue weighted by Gasteiger charge is 2.48. The van der Waals surface area contributed by atoms with Gasteiger partial charge in [-0.05, 0) is 63.0 Å². The van der Waals surface area contributed by atoms with Gasteiger partial charge in [-0.15, -0.1) is 0 Å². The van der Waals surface area contributed by atoms with Gasteiger partial charge in [0.25, 0.3) is 0 Å². The molecule has 1 aromatic carbocycles. The van der Waals surface area contributed by atoms with Gasteiger partial charge in [0.05, 0.1) is 19.8 Å². The number of benzene rings is 1. The maximum atomic E-state index is 13.6. The van der Waals surface area contributed by atoms with E-state index >= 15 is 0 Å². The minimum Gasteiger partial charge on any atom is -0.493 e. The van der Waals surface area contributed by atoms with Gasteiger partial charge in [0.2, 0.25) is 0 Å². The summed E-state index contributed by atoms with van der Waals surface area (Å²) in [6, 6.07) is 1.74. The monoisotopic (exact) mass is 468 g/mol. The molecule has 1 aromatic rings. The van der Waals surface area contributed by atoms with Gasteiger partial charge < -0.3 is 14.2 Å². The molecule has 180 valence electrons. The Morgan fingerprint density at radius 1 is 0.969 bits per heavy atom. The maximum Gasteiger partial charge on any atom is 0.420 e. The van der Waals surface area contributed by atoms with Crippen molar-refractivity contribution in [3.63, 3.8) is 0 Å². The summed E-state index contributed by atoms with van der Waals surface area (Å²) in [5.74, 6) is -2.01. The summed E-state index contributed by atoms with van der Waals surface area (Å²) >= 11 is 0. The van der Waals surface area contributed by atoms with Crippen LogP contribution in [0.15, 0.2) is 24.8 Å². The summed E-state index contributed by atoms with van der Waals surface area (Å²) in [6.45, 7) is 4.63. The average Bonchev–Trinajstić information content (AvgIpc) is 2.72. The van der Waals surface area contributed by atoms with Gasteiger partial charge in [-0.3, -0.25) is 0 Å². The van der Waals surface area contributed by atoms with Gasteiger partial charge in [-0.25, -0.2) is 4.79 Å². The molecule has 0 aliphatic heterocycles. The predicted molar refractivity (Wildman–Crippen MR) is 104 cm³/mol. The average molecular weight is 468 g/mol. The summed E-state index contributed by atoms with van der Waals surface area (Å²) in [7, 11) is 0. The van der Waals surface area contributed by atoms with E-state index in [2.05, 4.69) is 6.58 Å². The van der Waals surface area contributed by atoms with Crippen molar-refractivity contribution in [3.05, 3.63) is 35.9 Å². The molecule has 32 heavy (non-hydrogen) atoms. The third-order valence-electron chi connectivity index (χ3n) is 5.37. The number of rotatable bonds is 9. The molecule has 0 spiro atoms. The van der Waals surface area contributed by atoms with Crippen LogP contribution in [0.25, 0.3) is 0 Å². The molecule has 0 heterocycles. The van der Waals surface area contributed by atoms with E-state index in [-0.39, 0.29) is 25.7 Å². The zero-order chi connectivity index (χ0) is 23.9. The van der Waals surface area contributed by atoms with E-state index in [0.717, 1.165) is 31.1 Å². The van der Waals surface area contributed by atoms with Crippen LogP contribution in [-0.2, 0) is 21.9 Å². The van der Waals surface area contributed by atoms with Crippen molar-refractivity contribution in [1.29, 1.82) is 0 Å². The van der Waals surface area contributed by atoms with Crippen molar-refractivity contribution in [1.82, 2.24) is 0 Å². The molecule has 1 aliphatic rings. The second kappa shape index (κ2) is 11.0. The highest BCUT2D eigenvalue weighted by Crippen LogP contribution is 2.49. The molecule has 1 saturated carbocycles. The van der Waals surface area contributed by atoms with Crippen LogP contribution in [0.2, 0.25) is 0 Å². The number of hydrogen-bond donors (Lipinski definition) is 0. The van der Waals surface area contributed by atoms with Gasteiger partial charge in [0, 0.05) is 6.08 Å². The fourth-order valence-electron chi connectivity index (χ4n) is 3.80. The van der Waals surface area contributed by atoms with Gasteiger partial charge in [-0.2, -0.15) is 26.3 Å². The van der Waals surface area contributed by atoms with E-state index in [1.165, 1.54) is 6.92 Å². The van der Waals surface area contributed by atoms with E-state index in [0.29, 0.717) is 25.2 Å². The van der Waals surface area contributed by atoms with Crippen LogP contribution in [0.5, 0.6) is 11.5 Å². The van der Waals surface area contributed by atoms with Crippen LogP contribution < -0.4 is 9.47 Å². The molecule has 0 aromatic heterocycles. The first-order chi connectivity index (χ1) is 15.0. The lowest BCUT2D eigenvalue weighted by Crippen LogP contribution is -2.23. The van der Waals surface area contributed by atoms with Crippen molar-refractivity contribution >= 4 is 5.97 Å². The molecule has 10 heteroatoms. The molecule has 2 rings (SSSR count). The first-order valence-electron chi connectivity index (χ1n) is 10.3. The largest absolute Gasteiger partial charge is 0.493 e. The van der Waals surface area contributed by atoms with Crippen molar-refractivity contribution in [2.45, 2.75) is 51.4 Å². The molecular formula is C22H26F6O4. The SMILES string of the molecule is C=CC(=O)OCCC1CCC(COc2ccc(OCC)c(C(F)(F)F)c2C(F)(F)F)CC1. The molecule has 0 unspecified atom stereocenters. The van der Waals surface area contributed by atoms with Crippen LogP contribution in [0.4, 0.5) is 26.3 Å². The van der Waals surface area contributed by atoms with E-state index < -0.39 is 40.9 Å². The normalized spacial score (nSPS) is 19.3. The highest BCUT2D eigenvalue weighted by atomic mass is 19.4. The van der Waals surface area contributed by atoms with Crippen LogP contribution >= 0.6 is 0 Å². The standard InChI is InChI=1S/C22H26F6O4/c1-3-18(29)31-12-11-14-5-7-15(8-6-14)13-32-17-10-9-16(30-4-2)19(21(23,24)25)20(17)22(26,27)28/h3,9-10,14-15H,1,4-8,11-13H2,2H3. The Labute approximate surface area is 182 Å². The molecule has 0 N–H and O–H groups in total. The van der Waals surface area contributed by atoms with Crippen molar-refractivity contribution in [2.75, 3.05) is 19.8 Å². The summed E-state index contributed by atoms with van der Waals surface area (Å²) in [5.41, 5.74) is -3.74. The fraction of sp³-hybridized carbons (Fsp3) is 0.591. The Hall–Kier alpha value is -2.39. The van der Waals surface area contributed by atoms with Crippen molar-refractivity contribution in [3.8, 4) is 11.5 Å². The Balaban J connectivity index is 2.06. The summed E-state index contributed by atoms with van der Waals surface area (Å²) in [5, 5.41) is 0.